The third-order valence-electron chi connectivity index (χ3n) is 1.94. The lowest BCUT2D eigenvalue weighted by molar-refractivity contribution is 0.741. The quantitative estimate of drug-likeness (QED) is 0.619. The van der Waals surface area contributed by atoms with Crippen LogP contribution in [0.15, 0.2) is 37.6 Å². The minimum Gasteiger partial charge on any atom is -0.311 e. The highest BCUT2D eigenvalue weighted by Gasteiger charge is 1.97. The van der Waals surface area contributed by atoms with E-state index in [0.717, 1.165) is 18.8 Å². The van der Waals surface area contributed by atoms with E-state index >= 15 is 0 Å². The van der Waals surface area contributed by atoms with Crippen molar-refractivity contribution >= 4 is 50.4 Å². The molecule has 2 aromatic rings. The molecule has 0 spiro atoms. The summed E-state index contributed by atoms with van der Waals surface area (Å²) in [6.45, 7) is 2.03. The van der Waals surface area contributed by atoms with Crippen molar-refractivity contribution in [3.63, 3.8) is 0 Å². The first kappa shape index (κ1) is 12.6. The molecule has 16 heavy (non-hydrogen) atoms. The first-order valence-corrected chi connectivity index (χ1v) is 8.48. The van der Waals surface area contributed by atoms with Crippen molar-refractivity contribution in [1.29, 1.82) is 0 Å². The Kier molecular flexibility index (Phi) is 5.38. The standard InChI is InChI=1S/C11H12BrNS3/c12-9-6-10(16-8-9)7-13-3-5-15-11-2-1-4-14-11/h1-2,4,6,8,13H,3,5,7H2. The molecule has 2 heterocycles. The van der Waals surface area contributed by atoms with E-state index in [4.69, 9.17) is 0 Å². The molecule has 1 N–H and O–H groups in total. The van der Waals surface area contributed by atoms with E-state index < -0.39 is 0 Å². The molecule has 0 atom stereocenters. The minimum atomic E-state index is 0.973. The maximum atomic E-state index is 3.46. The molecule has 5 heteroatoms. The van der Waals surface area contributed by atoms with Gasteiger partial charge in [-0.2, -0.15) is 0 Å². The molecule has 0 saturated heterocycles. The summed E-state index contributed by atoms with van der Waals surface area (Å²) in [4.78, 5) is 1.38. The van der Waals surface area contributed by atoms with Gasteiger partial charge in [-0.15, -0.1) is 34.4 Å². The van der Waals surface area contributed by atoms with Crippen LogP contribution >= 0.6 is 50.4 Å². The second-order valence-corrected chi connectivity index (χ2v) is 7.44. The maximum Gasteiger partial charge on any atom is 0.0598 e. The van der Waals surface area contributed by atoms with E-state index in [9.17, 15) is 0 Å². The van der Waals surface area contributed by atoms with Gasteiger partial charge in [-0.1, -0.05) is 6.07 Å². The number of halogens is 1. The molecule has 0 aromatic carbocycles. The summed E-state index contributed by atoms with van der Waals surface area (Å²) in [5.41, 5.74) is 0. The minimum absolute atomic E-state index is 0.973. The predicted molar refractivity (Wildman–Crippen MR) is 78.8 cm³/mol. The zero-order chi connectivity index (χ0) is 11.2. The second-order valence-electron chi connectivity index (χ2n) is 3.19. The third kappa shape index (κ3) is 4.22. The first-order valence-electron chi connectivity index (χ1n) is 4.94. The highest BCUT2D eigenvalue weighted by Crippen LogP contribution is 2.22. The Labute approximate surface area is 116 Å². The molecule has 0 amide bonds. The van der Waals surface area contributed by atoms with Crippen LogP contribution in [0.3, 0.4) is 0 Å². The largest absolute Gasteiger partial charge is 0.311 e. The van der Waals surface area contributed by atoms with Crippen LogP contribution in [0.5, 0.6) is 0 Å². The van der Waals surface area contributed by atoms with Crippen molar-refractivity contribution in [3.05, 3.63) is 38.3 Å². The van der Waals surface area contributed by atoms with Crippen LogP contribution in [0, 0.1) is 0 Å². The van der Waals surface area contributed by atoms with Gasteiger partial charge in [0.15, 0.2) is 0 Å². The molecule has 0 fully saturated rings. The van der Waals surface area contributed by atoms with Gasteiger partial charge < -0.3 is 5.32 Å². The third-order valence-corrected chi connectivity index (χ3v) is 5.77. The normalized spacial score (nSPS) is 10.8. The van der Waals surface area contributed by atoms with E-state index in [1.54, 1.807) is 11.3 Å². The van der Waals surface area contributed by atoms with E-state index in [1.165, 1.54) is 13.6 Å². The first-order chi connectivity index (χ1) is 7.84. The highest BCUT2D eigenvalue weighted by molar-refractivity contribution is 9.10. The van der Waals surface area contributed by atoms with Gasteiger partial charge >= 0.3 is 0 Å². The van der Waals surface area contributed by atoms with E-state index in [-0.39, 0.29) is 0 Å². The Morgan fingerprint density at radius 3 is 3.00 bits per heavy atom. The number of thioether (sulfide) groups is 1. The SMILES string of the molecule is Brc1csc(CNCCSc2cccs2)c1. The van der Waals surface area contributed by atoms with Crippen LogP contribution in [0.4, 0.5) is 0 Å². The van der Waals surface area contributed by atoms with Crippen LogP contribution in [-0.4, -0.2) is 12.3 Å². The maximum absolute atomic E-state index is 3.46. The van der Waals surface area contributed by atoms with Crippen LogP contribution in [0.1, 0.15) is 4.88 Å². The average molecular weight is 334 g/mol. The van der Waals surface area contributed by atoms with Crippen molar-refractivity contribution in [2.45, 2.75) is 10.8 Å². The summed E-state index contributed by atoms with van der Waals surface area (Å²) in [7, 11) is 0. The Morgan fingerprint density at radius 2 is 2.31 bits per heavy atom. The van der Waals surface area contributed by atoms with Crippen molar-refractivity contribution in [2.75, 3.05) is 12.3 Å². The van der Waals surface area contributed by atoms with Gasteiger partial charge in [0.1, 0.15) is 0 Å². The van der Waals surface area contributed by atoms with E-state index in [1.807, 2.05) is 23.1 Å². The fourth-order valence-electron chi connectivity index (χ4n) is 1.23. The van der Waals surface area contributed by atoms with Crippen LogP contribution in [0.2, 0.25) is 0 Å². The molecule has 1 nitrogen and oxygen atoms in total. The predicted octanol–water partition coefficient (Wildman–Crippen LogP) is 4.45. The van der Waals surface area contributed by atoms with Crippen LogP contribution in [0.25, 0.3) is 0 Å². The van der Waals surface area contributed by atoms with Gasteiger partial charge in [0.25, 0.3) is 0 Å². The van der Waals surface area contributed by atoms with E-state index in [0.29, 0.717) is 0 Å². The fourth-order valence-corrected chi connectivity index (χ4v) is 4.41. The molecular formula is C11H12BrNS3. The van der Waals surface area contributed by atoms with Crippen molar-refractivity contribution < 1.29 is 0 Å². The van der Waals surface area contributed by atoms with Crippen molar-refractivity contribution in [3.8, 4) is 0 Å². The van der Waals surface area contributed by atoms with Gasteiger partial charge in [0.05, 0.1) is 4.21 Å². The van der Waals surface area contributed by atoms with Gasteiger partial charge in [-0.3, -0.25) is 0 Å². The Bertz CT molecular complexity index is 411. The summed E-state index contributed by atoms with van der Waals surface area (Å²) in [6.07, 6.45) is 0. The molecule has 0 aliphatic carbocycles. The smallest absolute Gasteiger partial charge is 0.0598 e. The van der Waals surface area contributed by atoms with E-state index in [2.05, 4.69) is 50.2 Å². The van der Waals surface area contributed by atoms with Gasteiger partial charge in [-0.05, 0) is 33.4 Å². The number of rotatable bonds is 6. The molecule has 86 valence electrons. The highest BCUT2D eigenvalue weighted by atomic mass is 79.9. The second kappa shape index (κ2) is 6.81. The van der Waals surface area contributed by atoms with Crippen molar-refractivity contribution in [1.82, 2.24) is 5.32 Å². The average Bonchev–Trinajstić information content (AvgIpc) is 2.89. The zero-order valence-corrected chi connectivity index (χ0v) is 12.6. The molecule has 0 aliphatic rings. The molecular weight excluding hydrogens is 322 g/mol. The van der Waals surface area contributed by atoms with Gasteiger partial charge in [0, 0.05) is 33.6 Å². The lowest BCUT2D eigenvalue weighted by atomic mass is 10.4. The molecule has 2 rings (SSSR count). The number of thiophene rings is 2. The lowest BCUT2D eigenvalue weighted by Gasteiger charge is -2.01. The van der Waals surface area contributed by atoms with Crippen LogP contribution < -0.4 is 5.32 Å². The van der Waals surface area contributed by atoms with Crippen molar-refractivity contribution in [2.24, 2.45) is 0 Å². The van der Waals surface area contributed by atoms with Gasteiger partial charge in [0.2, 0.25) is 0 Å². The molecule has 2 aromatic heterocycles. The summed E-state index contributed by atoms with van der Waals surface area (Å²) >= 11 is 8.98. The summed E-state index contributed by atoms with van der Waals surface area (Å²) in [6, 6.07) is 6.44. The Morgan fingerprint density at radius 1 is 1.38 bits per heavy atom. The lowest BCUT2D eigenvalue weighted by Crippen LogP contribution is -2.15. The molecule has 0 radical (unpaired) electrons. The summed E-state index contributed by atoms with van der Waals surface area (Å²) < 4.78 is 2.59. The molecule has 0 unspecified atom stereocenters. The fraction of sp³-hybridized carbons (Fsp3) is 0.273. The number of hydrogen-bond donors (Lipinski definition) is 1. The number of nitrogens with one attached hydrogen (secondary N) is 1. The van der Waals surface area contributed by atoms with Gasteiger partial charge in [-0.25, -0.2) is 0 Å². The Hall–Kier alpha value is 0.190. The van der Waals surface area contributed by atoms with Crippen LogP contribution in [-0.2, 0) is 6.54 Å². The molecule has 0 aliphatic heterocycles. The Balaban J connectivity index is 1.59. The topological polar surface area (TPSA) is 12.0 Å². The zero-order valence-electron chi connectivity index (χ0n) is 8.61. The monoisotopic (exact) mass is 333 g/mol. The molecule has 0 bridgehead atoms. The summed E-state index contributed by atoms with van der Waals surface area (Å²) in [5.74, 6) is 1.13. The summed E-state index contributed by atoms with van der Waals surface area (Å²) in [5, 5.41) is 7.70. The number of hydrogen-bond acceptors (Lipinski definition) is 4. The molecule has 0 saturated carbocycles.